The molecule has 0 spiro atoms. The zero-order chi connectivity index (χ0) is 16.1. The molecule has 4 nitrogen and oxygen atoms in total. The van der Waals surface area contributed by atoms with Crippen molar-refractivity contribution < 1.29 is 9.90 Å². The lowest BCUT2D eigenvalue weighted by atomic mass is 10.0. The molecule has 1 aromatic carbocycles. The minimum absolute atomic E-state index is 0.0778. The van der Waals surface area contributed by atoms with Gasteiger partial charge in [-0.05, 0) is 44.2 Å². The third kappa shape index (κ3) is 4.31. The largest absolute Gasteiger partial charge is 0.393 e. The molecule has 1 fully saturated rings. The Balaban J connectivity index is 1.80. The number of amides is 1. The van der Waals surface area contributed by atoms with Gasteiger partial charge in [-0.2, -0.15) is 0 Å². The molecule has 0 aromatic heterocycles. The lowest BCUT2D eigenvalue weighted by Gasteiger charge is -2.24. The van der Waals surface area contributed by atoms with Gasteiger partial charge in [0.15, 0.2) is 0 Å². The molecule has 1 saturated heterocycles. The van der Waals surface area contributed by atoms with Gasteiger partial charge in [0, 0.05) is 13.1 Å². The number of rotatable bonds is 6. The third-order valence-electron chi connectivity index (χ3n) is 4.82. The molecule has 4 heteroatoms. The molecular formula is C18H28N2O2. The molecule has 2 rings (SSSR count). The Kier molecular flexibility index (Phi) is 5.98. The summed E-state index contributed by atoms with van der Waals surface area (Å²) in [5.41, 5.74) is 1.24. The lowest BCUT2D eigenvalue weighted by Crippen LogP contribution is -2.45. The fourth-order valence-corrected chi connectivity index (χ4v) is 3.03. The highest BCUT2D eigenvalue weighted by molar-refractivity contribution is 5.81. The van der Waals surface area contributed by atoms with Crippen molar-refractivity contribution in [3.63, 3.8) is 0 Å². The minimum Gasteiger partial charge on any atom is -0.393 e. The number of likely N-dealkylation sites (tertiary alicyclic amines) is 1. The van der Waals surface area contributed by atoms with Crippen LogP contribution in [0, 0.1) is 5.92 Å². The first-order chi connectivity index (χ1) is 10.5. The number of aliphatic hydroxyl groups excluding tert-OH is 1. The SMILES string of the molecule is CC(CNC(=O)C(C)N1CCC(C(C)O)C1)c1ccccc1. The Morgan fingerprint density at radius 1 is 1.32 bits per heavy atom. The van der Waals surface area contributed by atoms with E-state index in [-0.39, 0.29) is 18.1 Å². The fourth-order valence-electron chi connectivity index (χ4n) is 3.03. The van der Waals surface area contributed by atoms with Crippen LogP contribution < -0.4 is 5.32 Å². The normalized spacial score (nSPS) is 23.0. The van der Waals surface area contributed by atoms with Crippen LogP contribution in [-0.2, 0) is 4.79 Å². The Labute approximate surface area is 133 Å². The summed E-state index contributed by atoms with van der Waals surface area (Å²) in [4.78, 5) is 14.5. The van der Waals surface area contributed by atoms with Gasteiger partial charge in [0.1, 0.15) is 0 Å². The minimum atomic E-state index is -0.293. The van der Waals surface area contributed by atoms with Gasteiger partial charge in [-0.1, -0.05) is 37.3 Å². The van der Waals surface area contributed by atoms with Crippen molar-refractivity contribution in [1.29, 1.82) is 0 Å². The molecule has 1 heterocycles. The Morgan fingerprint density at radius 3 is 2.59 bits per heavy atom. The first kappa shape index (κ1) is 17.0. The van der Waals surface area contributed by atoms with Crippen LogP contribution in [0.25, 0.3) is 0 Å². The Morgan fingerprint density at radius 2 is 2.00 bits per heavy atom. The molecule has 0 aliphatic carbocycles. The maximum Gasteiger partial charge on any atom is 0.237 e. The molecule has 4 unspecified atom stereocenters. The second-order valence-corrected chi connectivity index (χ2v) is 6.52. The highest BCUT2D eigenvalue weighted by atomic mass is 16.3. The number of carbonyl (C=O) groups is 1. The van der Waals surface area contributed by atoms with Crippen molar-refractivity contribution in [2.24, 2.45) is 5.92 Å². The standard InChI is InChI=1S/C18H28N2O2/c1-13(16-7-5-4-6-8-16)11-19-18(22)14(2)20-10-9-17(12-20)15(3)21/h4-8,13-15,17,21H,9-12H2,1-3H3,(H,19,22). The first-order valence-corrected chi connectivity index (χ1v) is 8.23. The molecular weight excluding hydrogens is 276 g/mol. The molecule has 1 aliphatic rings. The van der Waals surface area contributed by atoms with Crippen molar-refractivity contribution in [3.8, 4) is 0 Å². The zero-order valence-electron chi connectivity index (χ0n) is 13.8. The summed E-state index contributed by atoms with van der Waals surface area (Å²) in [5.74, 6) is 0.675. The smallest absolute Gasteiger partial charge is 0.237 e. The van der Waals surface area contributed by atoms with E-state index in [2.05, 4.69) is 29.3 Å². The summed E-state index contributed by atoms with van der Waals surface area (Å²) in [6.45, 7) is 8.26. The summed E-state index contributed by atoms with van der Waals surface area (Å²) in [5, 5.41) is 12.7. The van der Waals surface area contributed by atoms with E-state index in [1.54, 1.807) is 0 Å². The quantitative estimate of drug-likeness (QED) is 0.845. The van der Waals surface area contributed by atoms with Gasteiger partial charge in [-0.25, -0.2) is 0 Å². The van der Waals surface area contributed by atoms with Crippen LogP contribution in [0.2, 0.25) is 0 Å². The van der Waals surface area contributed by atoms with Crippen molar-refractivity contribution in [2.45, 2.75) is 45.3 Å². The molecule has 0 saturated carbocycles. The van der Waals surface area contributed by atoms with Gasteiger partial charge in [-0.15, -0.1) is 0 Å². The van der Waals surface area contributed by atoms with Crippen molar-refractivity contribution in [2.75, 3.05) is 19.6 Å². The molecule has 0 bridgehead atoms. The predicted octanol–water partition coefficient (Wildman–Crippen LogP) is 2.00. The maximum atomic E-state index is 12.3. The Hall–Kier alpha value is -1.39. The summed E-state index contributed by atoms with van der Waals surface area (Å²) < 4.78 is 0. The van der Waals surface area contributed by atoms with Crippen LogP contribution in [-0.4, -0.2) is 47.7 Å². The van der Waals surface area contributed by atoms with Crippen molar-refractivity contribution in [1.82, 2.24) is 10.2 Å². The van der Waals surface area contributed by atoms with Crippen LogP contribution in [0.15, 0.2) is 30.3 Å². The summed E-state index contributed by atoms with van der Waals surface area (Å²) >= 11 is 0. The lowest BCUT2D eigenvalue weighted by molar-refractivity contribution is -0.125. The molecule has 1 amide bonds. The molecule has 0 radical (unpaired) electrons. The van der Waals surface area contributed by atoms with Gasteiger partial charge in [-0.3, -0.25) is 9.69 Å². The number of hydrogen-bond donors (Lipinski definition) is 2. The second kappa shape index (κ2) is 7.75. The third-order valence-corrected chi connectivity index (χ3v) is 4.82. The number of nitrogens with one attached hydrogen (secondary N) is 1. The van der Waals surface area contributed by atoms with E-state index in [0.29, 0.717) is 18.4 Å². The van der Waals surface area contributed by atoms with Crippen molar-refractivity contribution >= 4 is 5.91 Å². The van der Waals surface area contributed by atoms with Crippen LogP contribution in [0.5, 0.6) is 0 Å². The van der Waals surface area contributed by atoms with Crippen LogP contribution >= 0.6 is 0 Å². The van der Waals surface area contributed by atoms with Gasteiger partial charge in [0.2, 0.25) is 5.91 Å². The van der Waals surface area contributed by atoms with Gasteiger partial charge >= 0.3 is 0 Å². The molecule has 1 aliphatic heterocycles. The number of carbonyl (C=O) groups excluding carboxylic acids is 1. The van der Waals surface area contributed by atoms with E-state index in [9.17, 15) is 9.90 Å². The molecule has 1 aromatic rings. The van der Waals surface area contributed by atoms with E-state index in [0.717, 1.165) is 19.5 Å². The van der Waals surface area contributed by atoms with Gasteiger partial charge < -0.3 is 10.4 Å². The number of benzene rings is 1. The summed E-state index contributed by atoms with van der Waals surface area (Å²) in [7, 11) is 0. The number of hydrogen-bond acceptors (Lipinski definition) is 3. The van der Waals surface area contributed by atoms with Crippen molar-refractivity contribution in [3.05, 3.63) is 35.9 Å². The summed E-state index contributed by atoms with van der Waals surface area (Å²) in [6.07, 6.45) is 0.675. The Bertz CT molecular complexity index is 475. The predicted molar refractivity (Wildman–Crippen MR) is 88.7 cm³/mol. The first-order valence-electron chi connectivity index (χ1n) is 8.23. The average Bonchev–Trinajstić information content (AvgIpc) is 3.02. The molecule has 22 heavy (non-hydrogen) atoms. The second-order valence-electron chi connectivity index (χ2n) is 6.52. The topological polar surface area (TPSA) is 52.6 Å². The van der Waals surface area contributed by atoms with E-state index in [1.165, 1.54) is 5.56 Å². The van der Waals surface area contributed by atoms with E-state index in [1.807, 2.05) is 32.0 Å². The van der Waals surface area contributed by atoms with Crippen LogP contribution in [0.3, 0.4) is 0 Å². The highest BCUT2D eigenvalue weighted by Crippen LogP contribution is 2.21. The van der Waals surface area contributed by atoms with Gasteiger partial charge in [0.05, 0.1) is 12.1 Å². The molecule has 4 atom stereocenters. The van der Waals surface area contributed by atoms with E-state index >= 15 is 0 Å². The van der Waals surface area contributed by atoms with E-state index < -0.39 is 0 Å². The number of aliphatic hydroxyl groups is 1. The van der Waals surface area contributed by atoms with E-state index in [4.69, 9.17) is 0 Å². The number of nitrogens with zero attached hydrogens (tertiary/aromatic N) is 1. The molecule has 2 N–H and O–H groups in total. The highest BCUT2D eigenvalue weighted by Gasteiger charge is 2.31. The monoisotopic (exact) mass is 304 g/mol. The van der Waals surface area contributed by atoms with Crippen LogP contribution in [0.1, 0.15) is 38.7 Å². The molecule has 122 valence electrons. The zero-order valence-corrected chi connectivity index (χ0v) is 13.8. The summed E-state index contributed by atoms with van der Waals surface area (Å²) in [6, 6.07) is 10.1. The van der Waals surface area contributed by atoms with Gasteiger partial charge in [0.25, 0.3) is 0 Å². The van der Waals surface area contributed by atoms with Crippen LogP contribution in [0.4, 0.5) is 0 Å². The fraction of sp³-hybridized carbons (Fsp3) is 0.611. The maximum absolute atomic E-state index is 12.3. The average molecular weight is 304 g/mol.